The van der Waals surface area contributed by atoms with Crippen molar-refractivity contribution in [1.29, 1.82) is 5.26 Å². The molecule has 2 aromatic carbocycles. The molecule has 0 amide bonds. The first-order chi connectivity index (χ1) is 11.6. The third-order valence-corrected chi connectivity index (χ3v) is 3.43. The first kappa shape index (κ1) is 15.8. The molecule has 118 valence electrons. The van der Waals surface area contributed by atoms with E-state index < -0.39 is 0 Å². The number of benzene rings is 2. The van der Waals surface area contributed by atoms with E-state index >= 15 is 0 Å². The van der Waals surface area contributed by atoms with Gasteiger partial charge in [-0.05, 0) is 43.3 Å². The molecular formula is C18H14ClN5. The fourth-order valence-corrected chi connectivity index (χ4v) is 2.39. The smallest absolute Gasteiger partial charge is 0.229 e. The van der Waals surface area contributed by atoms with Gasteiger partial charge in [0.25, 0.3) is 0 Å². The maximum absolute atomic E-state index is 8.97. The lowest BCUT2D eigenvalue weighted by Crippen LogP contribution is -2.02. The average Bonchev–Trinajstić information content (AvgIpc) is 2.54. The van der Waals surface area contributed by atoms with Gasteiger partial charge < -0.3 is 10.6 Å². The van der Waals surface area contributed by atoms with Crippen molar-refractivity contribution in [1.82, 2.24) is 9.97 Å². The molecule has 2 N–H and O–H groups in total. The van der Waals surface area contributed by atoms with Crippen LogP contribution in [0.2, 0.25) is 5.02 Å². The summed E-state index contributed by atoms with van der Waals surface area (Å²) in [6.45, 7) is 1.89. The molecule has 0 unspecified atom stereocenters. The number of halogens is 1. The standard InChI is InChI=1S/C18H14ClN5/c1-12-8-17(22-16-7-3-5-14(19)10-16)24-18(21-12)23-15-6-2-4-13(9-15)11-20/h2-10H,1H3,(H2,21,22,23,24). The molecule has 3 aromatic rings. The predicted molar refractivity (Wildman–Crippen MR) is 95.9 cm³/mol. The van der Waals surface area contributed by atoms with Gasteiger partial charge in [0.15, 0.2) is 0 Å². The SMILES string of the molecule is Cc1cc(Nc2cccc(Cl)c2)nc(Nc2cccc(C#N)c2)n1. The van der Waals surface area contributed by atoms with Crippen LogP contribution in [0.15, 0.2) is 54.6 Å². The topological polar surface area (TPSA) is 73.6 Å². The van der Waals surface area contributed by atoms with Crippen molar-refractivity contribution < 1.29 is 0 Å². The van der Waals surface area contributed by atoms with Crippen LogP contribution >= 0.6 is 11.6 Å². The summed E-state index contributed by atoms with van der Waals surface area (Å²) >= 11 is 6.00. The van der Waals surface area contributed by atoms with E-state index in [0.717, 1.165) is 17.1 Å². The minimum atomic E-state index is 0.453. The molecule has 0 aliphatic carbocycles. The molecule has 0 bridgehead atoms. The Labute approximate surface area is 145 Å². The lowest BCUT2D eigenvalue weighted by molar-refractivity contribution is 1.11. The van der Waals surface area contributed by atoms with Crippen molar-refractivity contribution in [2.24, 2.45) is 0 Å². The van der Waals surface area contributed by atoms with Gasteiger partial charge in [0.2, 0.25) is 5.95 Å². The van der Waals surface area contributed by atoms with Gasteiger partial charge in [-0.3, -0.25) is 0 Å². The van der Waals surface area contributed by atoms with E-state index in [9.17, 15) is 0 Å². The summed E-state index contributed by atoms with van der Waals surface area (Å²) in [7, 11) is 0. The second-order valence-corrected chi connectivity index (χ2v) is 5.61. The Kier molecular flexibility index (Phi) is 4.59. The molecule has 24 heavy (non-hydrogen) atoms. The summed E-state index contributed by atoms with van der Waals surface area (Å²) in [5.41, 5.74) is 2.99. The predicted octanol–water partition coefficient (Wildman–Crippen LogP) is 4.80. The van der Waals surface area contributed by atoms with Crippen LogP contribution in [0.25, 0.3) is 0 Å². The quantitative estimate of drug-likeness (QED) is 0.716. The highest BCUT2D eigenvalue weighted by Crippen LogP contribution is 2.21. The van der Waals surface area contributed by atoms with Gasteiger partial charge in [-0.2, -0.15) is 10.2 Å². The highest BCUT2D eigenvalue weighted by molar-refractivity contribution is 6.30. The van der Waals surface area contributed by atoms with Crippen molar-refractivity contribution in [2.45, 2.75) is 6.92 Å². The van der Waals surface area contributed by atoms with E-state index in [4.69, 9.17) is 16.9 Å². The maximum atomic E-state index is 8.97. The largest absolute Gasteiger partial charge is 0.340 e. The number of nitriles is 1. The van der Waals surface area contributed by atoms with Crippen LogP contribution in [0.4, 0.5) is 23.1 Å². The van der Waals surface area contributed by atoms with Crippen molar-refractivity contribution in [2.75, 3.05) is 10.6 Å². The highest BCUT2D eigenvalue weighted by atomic mass is 35.5. The van der Waals surface area contributed by atoms with E-state index in [1.54, 1.807) is 12.1 Å². The highest BCUT2D eigenvalue weighted by Gasteiger charge is 2.04. The van der Waals surface area contributed by atoms with Crippen molar-refractivity contribution >= 4 is 34.7 Å². The van der Waals surface area contributed by atoms with Crippen molar-refractivity contribution in [3.63, 3.8) is 0 Å². The number of hydrogen-bond acceptors (Lipinski definition) is 5. The summed E-state index contributed by atoms with van der Waals surface area (Å²) in [6, 6.07) is 18.5. The van der Waals surface area contributed by atoms with Crippen LogP contribution in [0.1, 0.15) is 11.3 Å². The van der Waals surface area contributed by atoms with E-state index in [2.05, 4.69) is 26.7 Å². The molecule has 0 saturated heterocycles. The minimum absolute atomic E-state index is 0.453. The lowest BCUT2D eigenvalue weighted by Gasteiger charge is -2.10. The van der Waals surface area contributed by atoms with Crippen LogP contribution in [-0.2, 0) is 0 Å². The average molecular weight is 336 g/mol. The van der Waals surface area contributed by atoms with E-state index in [1.807, 2.05) is 49.4 Å². The Morgan fingerprint density at radius 2 is 1.71 bits per heavy atom. The molecule has 1 aromatic heterocycles. The van der Waals surface area contributed by atoms with Gasteiger partial charge in [-0.25, -0.2) is 4.98 Å². The van der Waals surface area contributed by atoms with Crippen molar-refractivity contribution in [3.8, 4) is 6.07 Å². The molecule has 0 aliphatic heterocycles. The number of hydrogen-bond donors (Lipinski definition) is 2. The molecule has 1 heterocycles. The second kappa shape index (κ2) is 6.99. The molecule has 6 heteroatoms. The zero-order valence-electron chi connectivity index (χ0n) is 12.9. The minimum Gasteiger partial charge on any atom is -0.340 e. The Balaban J connectivity index is 1.84. The number of nitrogens with one attached hydrogen (secondary N) is 2. The summed E-state index contributed by atoms with van der Waals surface area (Å²) in [4.78, 5) is 8.82. The van der Waals surface area contributed by atoms with Crippen LogP contribution in [0.3, 0.4) is 0 Å². The zero-order valence-corrected chi connectivity index (χ0v) is 13.7. The third-order valence-electron chi connectivity index (χ3n) is 3.20. The zero-order chi connectivity index (χ0) is 16.9. The Morgan fingerprint density at radius 3 is 2.46 bits per heavy atom. The molecular weight excluding hydrogens is 322 g/mol. The molecule has 0 radical (unpaired) electrons. The molecule has 0 aliphatic rings. The molecule has 0 atom stereocenters. The Bertz CT molecular complexity index is 917. The van der Waals surface area contributed by atoms with Gasteiger partial charge in [-0.1, -0.05) is 23.7 Å². The van der Waals surface area contributed by atoms with Gasteiger partial charge in [0, 0.05) is 28.2 Å². The van der Waals surface area contributed by atoms with E-state index in [0.29, 0.717) is 22.4 Å². The molecule has 0 spiro atoms. The number of nitrogens with zero attached hydrogens (tertiary/aromatic N) is 3. The lowest BCUT2D eigenvalue weighted by atomic mass is 10.2. The summed E-state index contributed by atoms with van der Waals surface area (Å²) in [5, 5.41) is 15.9. The summed E-state index contributed by atoms with van der Waals surface area (Å²) < 4.78 is 0. The first-order valence-electron chi connectivity index (χ1n) is 7.28. The number of anilines is 4. The fourth-order valence-electron chi connectivity index (χ4n) is 2.20. The van der Waals surface area contributed by atoms with Crippen LogP contribution in [-0.4, -0.2) is 9.97 Å². The van der Waals surface area contributed by atoms with Gasteiger partial charge in [0.1, 0.15) is 5.82 Å². The fraction of sp³-hybridized carbons (Fsp3) is 0.0556. The first-order valence-corrected chi connectivity index (χ1v) is 7.66. The Hall–Kier alpha value is -3.10. The van der Waals surface area contributed by atoms with Crippen LogP contribution in [0, 0.1) is 18.3 Å². The summed E-state index contributed by atoms with van der Waals surface area (Å²) in [6.07, 6.45) is 0. The molecule has 3 rings (SSSR count). The number of aryl methyl sites for hydroxylation is 1. The van der Waals surface area contributed by atoms with E-state index in [1.165, 1.54) is 0 Å². The van der Waals surface area contributed by atoms with E-state index in [-0.39, 0.29) is 0 Å². The maximum Gasteiger partial charge on any atom is 0.229 e. The van der Waals surface area contributed by atoms with Crippen molar-refractivity contribution in [3.05, 3.63) is 70.9 Å². The number of aromatic nitrogens is 2. The monoisotopic (exact) mass is 335 g/mol. The van der Waals surface area contributed by atoms with Crippen LogP contribution in [0.5, 0.6) is 0 Å². The van der Waals surface area contributed by atoms with Gasteiger partial charge in [-0.15, -0.1) is 0 Å². The van der Waals surface area contributed by atoms with Gasteiger partial charge >= 0.3 is 0 Å². The number of rotatable bonds is 4. The van der Waals surface area contributed by atoms with Gasteiger partial charge in [0.05, 0.1) is 11.6 Å². The summed E-state index contributed by atoms with van der Waals surface area (Å²) in [5.74, 6) is 1.11. The molecule has 0 saturated carbocycles. The van der Waals surface area contributed by atoms with Crippen LogP contribution < -0.4 is 10.6 Å². The molecule has 0 fully saturated rings. The third kappa shape index (κ3) is 4.00. The second-order valence-electron chi connectivity index (χ2n) is 5.17. The molecule has 5 nitrogen and oxygen atoms in total. The normalized spacial score (nSPS) is 10.0. The Morgan fingerprint density at radius 1 is 0.958 bits per heavy atom.